The summed E-state index contributed by atoms with van der Waals surface area (Å²) in [5.41, 5.74) is 1.03. The number of benzene rings is 2. The minimum absolute atomic E-state index is 0.132. The van der Waals surface area contributed by atoms with Gasteiger partial charge in [-0.25, -0.2) is 9.59 Å². The van der Waals surface area contributed by atoms with Gasteiger partial charge in [-0.05, 0) is 30.2 Å². The highest BCUT2D eigenvalue weighted by Crippen LogP contribution is 2.14. The van der Waals surface area contributed by atoms with Crippen molar-refractivity contribution in [3.05, 3.63) is 71.8 Å². The Morgan fingerprint density at radius 3 is 1.83 bits per heavy atom. The lowest BCUT2D eigenvalue weighted by molar-refractivity contribution is 0.00626. The van der Waals surface area contributed by atoms with Crippen LogP contribution in [0.5, 0.6) is 0 Å². The molecule has 0 aromatic heterocycles. The van der Waals surface area contributed by atoms with E-state index in [1.807, 2.05) is 26.0 Å². The van der Waals surface area contributed by atoms with Crippen molar-refractivity contribution in [3.8, 4) is 0 Å². The second kappa shape index (κ2) is 8.87. The smallest absolute Gasteiger partial charge is 0.338 e. The van der Waals surface area contributed by atoms with E-state index in [2.05, 4.69) is 0 Å². The highest BCUT2D eigenvalue weighted by Gasteiger charge is 2.20. The molecule has 2 rings (SSSR count). The average molecular weight is 326 g/mol. The van der Waals surface area contributed by atoms with Crippen molar-refractivity contribution in [1.29, 1.82) is 0 Å². The third-order valence-electron chi connectivity index (χ3n) is 3.66. The Labute approximate surface area is 142 Å². The lowest BCUT2D eigenvalue weighted by atomic mass is 10.0. The summed E-state index contributed by atoms with van der Waals surface area (Å²) in [5.74, 6) is -0.593. The van der Waals surface area contributed by atoms with Crippen molar-refractivity contribution in [2.45, 2.75) is 26.4 Å². The second-order valence-corrected chi connectivity index (χ2v) is 5.84. The van der Waals surface area contributed by atoms with Crippen LogP contribution in [0.15, 0.2) is 60.7 Å². The highest BCUT2D eigenvalue weighted by atomic mass is 16.6. The zero-order chi connectivity index (χ0) is 17.4. The van der Waals surface area contributed by atoms with Gasteiger partial charge < -0.3 is 9.47 Å². The lowest BCUT2D eigenvalue weighted by Gasteiger charge is -2.21. The van der Waals surface area contributed by atoms with Crippen LogP contribution >= 0.6 is 0 Å². The van der Waals surface area contributed by atoms with E-state index in [-0.39, 0.29) is 30.6 Å². The van der Waals surface area contributed by atoms with Crippen LogP contribution in [-0.4, -0.2) is 24.6 Å². The molecule has 0 radical (unpaired) electrons. The summed E-state index contributed by atoms with van der Waals surface area (Å²) in [6.45, 7) is 4.16. The summed E-state index contributed by atoms with van der Waals surface area (Å²) in [5, 5.41) is 0. The van der Waals surface area contributed by atoms with E-state index in [4.69, 9.17) is 9.47 Å². The van der Waals surface area contributed by atoms with E-state index in [1.165, 1.54) is 0 Å². The summed E-state index contributed by atoms with van der Waals surface area (Å²) in [7, 11) is 0. The molecule has 0 N–H and O–H groups in total. The molecule has 0 spiro atoms. The monoisotopic (exact) mass is 326 g/mol. The van der Waals surface area contributed by atoms with Crippen LogP contribution in [0.2, 0.25) is 0 Å². The van der Waals surface area contributed by atoms with Crippen LogP contribution in [0, 0.1) is 5.92 Å². The predicted molar refractivity (Wildman–Crippen MR) is 91.8 cm³/mol. The van der Waals surface area contributed by atoms with Crippen molar-refractivity contribution >= 4 is 11.9 Å². The van der Waals surface area contributed by atoms with Gasteiger partial charge in [-0.2, -0.15) is 0 Å². The van der Waals surface area contributed by atoms with Crippen molar-refractivity contribution in [2.24, 2.45) is 5.92 Å². The quantitative estimate of drug-likeness (QED) is 0.718. The Balaban J connectivity index is 1.85. The summed E-state index contributed by atoms with van der Waals surface area (Å²) in [6, 6.07) is 17.7. The Kier molecular flexibility index (Phi) is 6.55. The van der Waals surface area contributed by atoms with Crippen molar-refractivity contribution in [3.63, 3.8) is 0 Å². The molecule has 2 aromatic rings. The molecule has 126 valence electrons. The number of hydrogen-bond acceptors (Lipinski definition) is 4. The molecule has 0 saturated carbocycles. The van der Waals surface area contributed by atoms with Crippen LogP contribution in [0.1, 0.15) is 41.0 Å². The molecule has 0 aliphatic carbocycles. The topological polar surface area (TPSA) is 52.6 Å². The van der Waals surface area contributed by atoms with Crippen molar-refractivity contribution < 1.29 is 19.1 Å². The molecule has 0 bridgehead atoms. The molecule has 4 heteroatoms. The molecule has 0 aliphatic rings. The van der Waals surface area contributed by atoms with E-state index in [1.54, 1.807) is 48.5 Å². The molecule has 0 fully saturated rings. The van der Waals surface area contributed by atoms with E-state index < -0.39 is 0 Å². The highest BCUT2D eigenvalue weighted by molar-refractivity contribution is 5.89. The van der Waals surface area contributed by atoms with Crippen LogP contribution < -0.4 is 0 Å². The molecule has 0 heterocycles. The fourth-order valence-corrected chi connectivity index (χ4v) is 2.23. The van der Waals surface area contributed by atoms with Gasteiger partial charge >= 0.3 is 11.9 Å². The fraction of sp³-hybridized carbons (Fsp3) is 0.300. The second-order valence-electron chi connectivity index (χ2n) is 5.84. The van der Waals surface area contributed by atoms with E-state index >= 15 is 0 Å². The number of carbonyl (C=O) groups is 2. The van der Waals surface area contributed by atoms with Gasteiger partial charge in [0.1, 0.15) is 6.10 Å². The van der Waals surface area contributed by atoms with E-state index in [0.717, 1.165) is 0 Å². The Morgan fingerprint density at radius 2 is 1.33 bits per heavy atom. The minimum Gasteiger partial charge on any atom is -0.462 e. The van der Waals surface area contributed by atoms with Gasteiger partial charge in [0, 0.05) is 6.42 Å². The third-order valence-corrected chi connectivity index (χ3v) is 3.66. The van der Waals surface area contributed by atoms with Gasteiger partial charge in [-0.15, -0.1) is 0 Å². The van der Waals surface area contributed by atoms with Crippen LogP contribution in [-0.2, 0) is 9.47 Å². The van der Waals surface area contributed by atoms with Gasteiger partial charge in [0.15, 0.2) is 0 Å². The van der Waals surface area contributed by atoms with Gasteiger partial charge in [0.2, 0.25) is 0 Å². The maximum atomic E-state index is 12.1. The largest absolute Gasteiger partial charge is 0.462 e. The van der Waals surface area contributed by atoms with E-state index in [0.29, 0.717) is 17.5 Å². The van der Waals surface area contributed by atoms with Gasteiger partial charge in [0.25, 0.3) is 0 Å². The standard InChI is InChI=1S/C20H22O4/c1-15(2)18(24-20(22)17-11-7-4-8-12-17)13-14-23-19(21)16-9-5-3-6-10-16/h3-12,15,18H,13-14H2,1-2H3. The van der Waals surface area contributed by atoms with E-state index in [9.17, 15) is 9.59 Å². The van der Waals surface area contributed by atoms with Gasteiger partial charge in [0.05, 0.1) is 17.7 Å². The maximum Gasteiger partial charge on any atom is 0.338 e. The first kappa shape index (κ1) is 17.7. The fourth-order valence-electron chi connectivity index (χ4n) is 2.23. The first-order chi connectivity index (χ1) is 11.6. The first-order valence-electron chi connectivity index (χ1n) is 8.06. The van der Waals surface area contributed by atoms with Crippen LogP contribution in [0.4, 0.5) is 0 Å². The summed E-state index contributed by atoms with van der Waals surface area (Å²) < 4.78 is 10.8. The molecule has 0 aliphatic heterocycles. The zero-order valence-corrected chi connectivity index (χ0v) is 14.0. The number of esters is 2. The van der Waals surface area contributed by atoms with Crippen molar-refractivity contribution in [1.82, 2.24) is 0 Å². The normalized spacial score (nSPS) is 11.8. The summed E-state index contributed by atoms with van der Waals surface area (Å²) in [4.78, 5) is 24.1. The number of hydrogen-bond donors (Lipinski definition) is 0. The zero-order valence-electron chi connectivity index (χ0n) is 14.0. The van der Waals surface area contributed by atoms with Crippen molar-refractivity contribution in [2.75, 3.05) is 6.61 Å². The van der Waals surface area contributed by atoms with Gasteiger partial charge in [-0.1, -0.05) is 50.2 Å². The lowest BCUT2D eigenvalue weighted by Crippen LogP contribution is -2.26. The van der Waals surface area contributed by atoms with Crippen LogP contribution in [0.25, 0.3) is 0 Å². The molecule has 2 aromatic carbocycles. The number of carbonyl (C=O) groups excluding carboxylic acids is 2. The summed E-state index contributed by atoms with van der Waals surface area (Å²) in [6.07, 6.45) is 0.163. The van der Waals surface area contributed by atoms with Gasteiger partial charge in [-0.3, -0.25) is 0 Å². The number of rotatable bonds is 7. The first-order valence-corrected chi connectivity index (χ1v) is 8.06. The minimum atomic E-state index is -0.368. The third kappa shape index (κ3) is 5.23. The Hall–Kier alpha value is -2.62. The molecule has 0 amide bonds. The molecule has 1 atom stereocenters. The molecular formula is C20H22O4. The average Bonchev–Trinajstić information content (AvgIpc) is 2.62. The molecule has 4 nitrogen and oxygen atoms in total. The Morgan fingerprint density at radius 1 is 0.833 bits per heavy atom. The predicted octanol–water partition coefficient (Wildman–Crippen LogP) is 4.12. The number of ether oxygens (including phenoxy) is 2. The summed E-state index contributed by atoms with van der Waals surface area (Å²) >= 11 is 0. The molecule has 1 unspecified atom stereocenters. The Bertz CT molecular complexity index is 650. The SMILES string of the molecule is CC(C)C(CCOC(=O)c1ccccc1)OC(=O)c1ccccc1. The van der Waals surface area contributed by atoms with Crippen LogP contribution in [0.3, 0.4) is 0 Å². The molecular weight excluding hydrogens is 304 g/mol. The maximum absolute atomic E-state index is 12.1. The molecule has 24 heavy (non-hydrogen) atoms. The molecule has 0 saturated heterocycles.